The van der Waals surface area contributed by atoms with Crippen LogP contribution in [0.5, 0.6) is 0 Å². The van der Waals surface area contributed by atoms with Crippen molar-refractivity contribution in [2.75, 3.05) is 19.8 Å². The highest BCUT2D eigenvalue weighted by Crippen LogP contribution is 2.28. The summed E-state index contributed by atoms with van der Waals surface area (Å²) in [6.45, 7) is 7.91. The summed E-state index contributed by atoms with van der Waals surface area (Å²) < 4.78 is 5.34. The Morgan fingerprint density at radius 1 is 1.53 bits per heavy atom. The van der Waals surface area contributed by atoms with Crippen LogP contribution in [0, 0.1) is 0 Å². The summed E-state index contributed by atoms with van der Waals surface area (Å²) in [6, 6.07) is 0.190. The molecule has 4 nitrogen and oxygen atoms in total. The van der Waals surface area contributed by atoms with Gasteiger partial charge in [-0.1, -0.05) is 13.8 Å². The average Bonchev–Trinajstić information content (AvgIpc) is 2.22. The second-order valence-electron chi connectivity index (χ2n) is 4.16. The lowest BCUT2D eigenvalue weighted by Gasteiger charge is -2.45. The van der Waals surface area contributed by atoms with E-state index in [0.717, 1.165) is 6.54 Å². The minimum absolute atomic E-state index is 0.190. The van der Waals surface area contributed by atoms with Gasteiger partial charge in [-0.25, -0.2) is 0 Å². The van der Waals surface area contributed by atoms with Gasteiger partial charge in [0.1, 0.15) is 5.54 Å². The normalized spacial score (nSPS) is 24.1. The number of rotatable bonds is 4. The van der Waals surface area contributed by atoms with E-state index >= 15 is 0 Å². The molecule has 1 fully saturated rings. The van der Waals surface area contributed by atoms with Crippen LogP contribution in [0.4, 0.5) is 0 Å². The van der Waals surface area contributed by atoms with Gasteiger partial charge >= 0.3 is 5.97 Å². The molecule has 0 aromatic carbocycles. The molecule has 1 heterocycles. The maximum Gasteiger partial charge on any atom is 0.324 e. The largest absolute Gasteiger partial charge is 0.480 e. The molecule has 0 amide bonds. The molecule has 1 atom stereocenters. The van der Waals surface area contributed by atoms with E-state index in [4.69, 9.17) is 4.74 Å². The van der Waals surface area contributed by atoms with Gasteiger partial charge in [0.25, 0.3) is 0 Å². The van der Waals surface area contributed by atoms with Gasteiger partial charge in [-0.15, -0.1) is 0 Å². The maximum absolute atomic E-state index is 11.4. The Hall–Kier alpha value is -0.610. The maximum atomic E-state index is 11.4. The Morgan fingerprint density at radius 2 is 2.13 bits per heavy atom. The highest BCUT2D eigenvalue weighted by atomic mass is 16.5. The van der Waals surface area contributed by atoms with Crippen LogP contribution in [-0.4, -0.2) is 47.3 Å². The molecule has 0 bridgehead atoms. The number of carboxylic acids is 1. The zero-order valence-corrected chi connectivity index (χ0v) is 9.82. The van der Waals surface area contributed by atoms with Crippen molar-refractivity contribution in [3.8, 4) is 0 Å². The van der Waals surface area contributed by atoms with Crippen molar-refractivity contribution < 1.29 is 14.6 Å². The van der Waals surface area contributed by atoms with E-state index in [1.807, 2.05) is 20.8 Å². The first kappa shape index (κ1) is 12.5. The van der Waals surface area contributed by atoms with Crippen LogP contribution in [0.25, 0.3) is 0 Å². The predicted octanol–water partition coefficient (Wildman–Crippen LogP) is 1.35. The Labute approximate surface area is 91.2 Å². The molecule has 1 unspecified atom stereocenters. The van der Waals surface area contributed by atoms with Crippen LogP contribution in [0.3, 0.4) is 0 Å². The highest BCUT2D eigenvalue weighted by molar-refractivity contribution is 5.78. The lowest BCUT2D eigenvalue weighted by atomic mass is 9.89. The van der Waals surface area contributed by atoms with E-state index in [0.29, 0.717) is 26.1 Å². The molecule has 0 aromatic heterocycles. The van der Waals surface area contributed by atoms with Gasteiger partial charge in [-0.3, -0.25) is 9.69 Å². The second kappa shape index (κ2) is 4.94. The van der Waals surface area contributed by atoms with Crippen LogP contribution in [0.1, 0.15) is 33.6 Å². The average molecular weight is 215 g/mol. The van der Waals surface area contributed by atoms with Crippen molar-refractivity contribution in [3.63, 3.8) is 0 Å². The number of hydrogen-bond donors (Lipinski definition) is 1. The monoisotopic (exact) mass is 215 g/mol. The van der Waals surface area contributed by atoms with E-state index in [1.165, 1.54) is 0 Å². The lowest BCUT2D eigenvalue weighted by molar-refractivity contribution is -0.159. The predicted molar refractivity (Wildman–Crippen MR) is 57.9 cm³/mol. The third-order valence-electron chi connectivity index (χ3n) is 3.49. The Kier molecular flexibility index (Phi) is 4.11. The number of nitrogens with zero attached hydrogens (tertiary/aromatic N) is 1. The van der Waals surface area contributed by atoms with Crippen LogP contribution in [0.2, 0.25) is 0 Å². The number of carbonyl (C=O) groups is 1. The molecular formula is C11H21NO3. The number of hydrogen-bond acceptors (Lipinski definition) is 3. The Morgan fingerprint density at radius 3 is 2.53 bits per heavy atom. The summed E-state index contributed by atoms with van der Waals surface area (Å²) in [5, 5.41) is 9.41. The van der Waals surface area contributed by atoms with Crippen molar-refractivity contribution in [2.24, 2.45) is 0 Å². The molecule has 0 saturated carbocycles. The van der Waals surface area contributed by atoms with Gasteiger partial charge in [0, 0.05) is 12.6 Å². The fourth-order valence-corrected chi connectivity index (χ4v) is 2.44. The van der Waals surface area contributed by atoms with Crippen molar-refractivity contribution in [3.05, 3.63) is 0 Å². The van der Waals surface area contributed by atoms with Gasteiger partial charge in [0.2, 0.25) is 0 Å². The third-order valence-corrected chi connectivity index (χ3v) is 3.49. The smallest absolute Gasteiger partial charge is 0.324 e. The van der Waals surface area contributed by atoms with Gasteiger partial charge in [0.05, 0.1) is 13.2 Å². The summed E-state index contributed by atoms with van der Waals surface area (Å²) in [6.07, 6.45) is 1.28. The molecule has 0 spiro atoms. The molecule has 1 aliphatic heterocycles. The second-order valence-corrected chi connectivity index (χ2v) is 4.16. The fourth-order valence-electron chi connectivity index (χ4n) is 2.44. The number of carboxylic acid groups (broad SMARTS) is 1. The van der Waals surface area contributed by atoms with Crippen LogP contribution >= 0.6 is 0 Å². The number of aliphatic carboxylic acids is 1. The van der Waals surface area contributed by atoms with E-state index in [2.05, 4.69) is 4.90 Å². The van der Waals surface area contributed by atoms with Crippen LogP contribution in [-0.2, 0) is 9.53 Å². The lowest BCUT2D eigenvalue weighted by Crippen LogP contribution is -2.61. The zero-order chi connectivity index (χ0) is 11.5. The molecule has 1 aliphatic rings. The summed E-state index contributed by atoms with van der Waals surface area (Å²) in [5.74, 6) is -0.707. The molecular weight excluding hydrogens is 194 g/mol. The molecule has 0 radical (unpaired) electrons. The minimum Gasteiger partial charge on any atom is -0.480 e. The first-order valence-electron chi connectivity index (χ1n) is 5.66. The zero-order valence-electron chi connectivity index (χ0n) is 9.82. The molecule has 1 saturated heterocycles. The molecule has 0 aromatic rings. The Bertz CT molecular complexity index is 226. The first-order chi connectivity index (χ1) is 7.08. The Balaban J connectivity index is 2.91. The molecule has 88 valence electrons. The standard InChI is InChI=1S/C11H21NO3/c1-4-11(5-2,10(13)14)12-6-7-15-8-9(12)3/h9H,4-8H2,1-3H3,(H,13,14). The van der Waals surface area contributed by atoms with Crippen molar-refractivity contribution in [1.82, 2.24) is 4.90 Å². The minimum atomic E-state index is -0.707. The highest BCUT2D eigenvalue weighted by Gasteiger charge is 2.43. The number of ether oxygens (including phenoxy) is 1. The number of morpholine rings is 1. The summed E-state index contributed by atoms with van der Waals surface area (Å²) >= 11 is 0. The summed E-state index contributed by atoms with van der Waals surface area (Å²) in [7, 11) is 0. The van der Waals surface area contributed by atoms with E-state index < -0.39 is 11.5 Å². The van der Waals surface area contributed by atoms with E-state index in [1.54, 1.807) is 0 Å². The first-order valence-corrected chi connectivity index (χ1v) is 5.66. The molecule has 15 heavy (non-hydrogen) atoms. The molecule has 0 aliphatic carbocycles. The van der Waals surface area contributed by atoms with Crippen molar-refractivity contribution in [2.45, 2.75) is 45.2 Å². The fraction of sp³-hybridized carbons (Fsp3) is 0.909. The summed E-state index contributed by atoms with van der Waals surface area (Å²) in [4.78, 5) is 13.5. The SMILES string of the molecule is CCC(CC)(C(=O)O)N1CCOCC1C. The van der Waals surface area contributed by atoms with Crippen LogP contribution in [0.15, 0.2) is 0 Å². The van der Waals surface area contributed by atoms with Crippen LogP contribution < -0.4 is 0 Å². The van der Waals surface area contributed by atoms with Crippen molar-refractivity contribution in [1.29, 1.82) is 0 Å². The van der Waals surface area contributed by atoms with E-state index in [-0.39, 0.29) is 6.04 Å². The van der Waals surface area contributed by atoms with Gasteiger partial charge < -0.3 is 9.84 Å². The van der Waals surface area contributed by atoms with Gasteiger partial charge in [0.15, 0.2) is 0 Å². The quantitative estimate of drug-likeness (QED) is 0.769. The summed E-state index contributed by atoms with van der Waals surface area (Å²) in [5.41, 5.74) is -0.705. The topological polar surface area (TPSA) is 49.8 Å². The van der Waals surface area contributed by atoms with E-state index in [9.17, 15) is 9.90 Å². The van der Waals surface area contributed by atoms with Gasteiger partial charge in [-0.05, 0) is 19.8 Å². The molecule has 1 rings (SSSR count). The molecule has 4 heteroatoms. The molecule has 1 N–H and O–H groups in total. The van der Waals surface area contributed by atoms with Crippen molar-refractivity contribution >= 4 is 5.97 Å². The third kappa shape index (κ3) is 2.16. The van der Waals surface area contributed by atoms with Gasteiger partial charge in [-0.2, -0.15) is 0 Å².